The normalized spacial score (nSPS) is 14.3. The van der Waals surface area contributed by atoms with Crippen LogP contribution in [-0.2, 0) is 11.2 Å². The molecule has 1 aromatic heterocycles. The van der Waals surface area contributed by atoms with Crippen molar-refractivity contribution in [3.8, 4) is 11.5 Å². The average molecular weight is 376 g/mol. The number of piperazine rings is 1. The van der Waals surface area contributed by atoms with Crippen LogP contribution < -0.4 is 4.90 Å². The molecule has 6 nitrogen and oxygen atoms in total. The smallest absolute Gasteiger partial charge is 0.247 e. The minimum atomic E-state index is 0.141. The van der Waals surface area contributed by atoms with Crippen LogP contribution in [0, 0.1) is 6.92 Å². The van der Waals surface area contributed by atoms with Crippen molar-refractivity contribution in [1.29, 1.82) is 0 Å². The van der Waals surface area contributed by atoms with Gasteiger partial charge in [0.25, 0.3) is 0 Å². The van der Waals surface area contributed by atoms with Crippen LogP contribution in [0.2, 0.25) is 0 Å². The van der Waals surface area contributed by atoms with Crippen LogP contribution in [0.15, 0.2) is 59.0 Å². The topological polar surface area (TPSA) is 62.5 Å². The van der Waals surface area contributed by atoms with Gasteiger partial charge in [0.1, 0.15) is 0 Å². The molecule has 2 aromatic carbocycles. The number of amides is 1. The van der Waals surface area contributed by atoms with Crippen LogP contribution in [-0.4, -0.2) is 47.2 Å². The highest BCUT2D eigenvalue weighted by atomic mass is 16.4. The molecule has 144 valence electrons. The van der Waals surface area contributed by atoms with E-state index < -0.39 is 0 Å². The third-order valence-electron chi connectivity index (χ3n) is 5.07. The van der Waals surface area contributed by atoms with Gasteiger partial charge in [-0.25, -0.2) is 0 Å². The highest BCUT2D eigenvalue weighted by molar-refractivity contribution is 5.76. The molecule has 0 radical (unpaired) electrons. The summed E-state index contributed by atoms with van der Waals surface area (Å²) in [6, 6.07) is 18.3. The third-order valence-corrected chi connectivity index (χ3v) is 5.07. The molecule has 28 heavy (non-hydrogen) atoms. The second-order valence-corrected chi connectivity index (χ2v) is 7.07. The number of hydrogen-bond donors (Lipinski definition) is 0. The van der Waals surface area contributed by atoms with E-state index in [9.17, 15) is 4.79 Å². The van der Waals surface area contributed by atoms with E-state index in [0.717, 1.165) is 31.7 Å². The first-order valence-electron chi connectivity index (χ1n) is 9.66. The van der Waals surface area contributed by atoms with Crippen molar-refractivity contribution in [1.82, 2.24) is 15.1 Å². The second-order valence-electron chi connectivity index (χ2n) is 7.07. The Balaban J connectivity index is 1.28. The molecule has 0 atom stereocenters. The van der Waals surface area contributed by atoms with Gasteiger partial charge in [-0.3, -0.25) is 4.79 Å². The van der Waals surface area contributed by atoms with Crippen molar-refractivity contribution in [2.24, 2.45) is 0 Å². The van der Waals surface area contributed by atoms with Gasteiger partial charge < -0.3 is 14.2 Å². The summed E-state index contributed by atoms with van der Waals surface area (Å²) in [6.07, 6.45) is 0.859. The number of rotatable bonds is 5. The van der Waals surface area contributed by atoms with E-state index in [4.69, 9.17) is 4.42 Å². The first-order valence-corrected chi connectivity index (χ1v) is 9.66. The van der Waals surface area contributed by atoms with Gasteiger partial charge >= 0.3 is 0 Å². The SMILES string of the molecule is Cc1ccc(-c2nnc(CCC(=O)N3CCN(c4ccccc4)CC3)o2)cc1. The van der Waals surface area contributed by atoms with Gasteiger partial charge in [0.15, 0.2) is 0 Å². The van der Waals surface area contributed by atoms with Crippen molar-refractivity contribution < 1.29 is 9.21 Å². The molecular weight excluding hydrogens is 352 g/mol. The summed E-state index contributed by atoms with van der Waals surface area (Å²) in [6.45, 7) is 5.23. The summed E-state index contributed by atoms with van der Waals surface area (Å²) in [4.78, 5) is 16.8. The minimum Gasteiger partial charge on any atom is -0.421 e. The molecule has 1 aliphatic heterocycles. The van der Waals surface area contributed by atoms with Crippen molar-refractivity contribution in [3.63, 3.8) is 0 Å². The number of aryl methyl sites for hydroxylation is 2. The third kappa shape index (κ3) is 4.22. The summed E-state index contributed by atoms with van der Waals surface area (Å²) >= 11 is 0. The molecule has 0 unspecified atom stereocenters. The Morgan fingerprint density at radius 3 is 2.39 bits per heavy atom. The summed E-state index contributed by atoms with van der Waals surface area (Å²) in [7, 11) is 0. The van der Waals surface area contributed by atoms with Gasteiger partial charge in [-0.2, -0.15) is 0 Å². The molecule has 1 saturated heterocycles. The maximum atomic E-state index is 12.5. The number of nitrogens with zero attached hydrogens (tertiary/aromatic N) is 4. The van der Waals surface area contributed by atoms with Crippen molar-refractivity contribution in [2.45, 2.75) is 19.8 Å². The monoisotopic (exact) mass is 376 g/mol. The maximum absolute atomic E-state index is 12.5. The summed E-state index contributed by atoms with van der Waals surface area (Å²) in [5.74, 6) is 1.15. The Morgan fingerprint density at radius 2 is 1.68 bits per heavy atom. The first kappa shape index (κ1) is 18.2. The van der Waals surface area contributed by atoms with Crippen molar-refractivity contribution >= 4 is 11.6 Å². The number of para-hydroxylation sites is 1. The zero-order valence-electron chi connectivity index (χ0n) is 16.0. The van der Waals surface area contributed by atoms with E-state index in [-0.39, 0.29) is 5.91 Å². The Hall–Kier alpha value is -3.15. The fraction of sp³-hybridized carbons (Fsp3) is 0.318. The first-order chi connectivity index (χ1) is 13.7. The Morgan fingerprint density at radius 1 is 0.964 bits per heavy atom. The predicted octanol–water partition coefficient (Wildman–Crippen LogP) is 3.33. The molecule has 1 amide bonds. The zero-order chi connectivity index (χ0) is 19.3. The van der Waals surface area contributed by atoms with E-state index in [1.165, 1.54) is 11.3 Å². The molecule has 1 fully saturated rings. The largest absolute Gasteiger partial charge is 0.421 e. The van der Waals surface area contributed by atoms with Gasteiger partial charge in [0.2, 0.25) is 17.7 Å². The second kappa shape index (κ2) is 8.25. The average Bonchev–Trinajstić information content (AvgIpc) is 3.22. The lowest BCUT2D eigenvalue weighted by Gasteiger charge is -2.36. The van der Waals surface area contributed by atoms with E-state index in [1.807, 2.05) is 54.3 Å². The summed E-state index contributed by atoms with van der Waals surface area (Å²) in [5.41, 5.74) is 3.29. The van der Waals surface area contributed by atoms with Gasteiger partial charge in [-0.15, -0.1) is 10.2 Å². The fourth-order valence-electron chi connectivity index (χ4n) is 3.39. The lowest BCUT2D eigenvalue weighted by Crippen LogP contribution is -2.48. The molecule has 0 bridgehead atoms. The highest BCUT2D eigenvalue weighted by Gasteiger charge is 2.21. The number of carbonyl (C=O) groups excluding carboxylic acids is 1. The van der Waals surface area contributed by atoms with E-state index in [2.05, 4.69) is 27.2 Å². The highest BCUT2D eigenvalue weighted by Crippen LogP contribution is 2.19. The van der Waals surface area contributed by atoms with Crippen LogP contribution in [0.3, 0.4) is 0 Å². The Kier molecular flexibility index (Phi) is 5.37. The Labute approximate surface area is 164 Å². The lowest BCUT2D eigenvalue weighted by atomic mass is 10.1. The van der Waals surface area contributed by atoms with Crippen LogP contribution in [0.5, 0.6) is 0 Å². The molecule has 4 rings (SSSR count). The van der Waals surface area contributed by atoms with Gasteiger partial charge in [-0.1, -0.05) is 35.9 Å². The minimum absolute atomic E-state index is 0.141. The van der Waals surface area contributed by atoms with Gasteiger partial charge in [0, 0.05) is 50.3 Å². The molecule has 3 aromatic rings. The molecule has 0 spiro atoms. The lowest BCUT2D eigenvalue weighted by molar-refractivity contribution is -0.131. The van der Waals surface area contributed by atoms with Gasteiger partial charge in [0.05, 0.1) is 0 Å². The molecule has 0 N–H and O–H groups in total. The molecule has 1 aliphatic rings. The molecule has 6 heteroatoms. The number of aromatic nitrogens is 2. The van der Waals surface area contributed by atoms with Crippen molar-refractivity contribution in [2.75, 3.05) is 31.1 Å². The fourth-order valence-corrected chi connectivity index (χ4v) is 3.39. The molecule has 0 saturated carbocycles. The van der Waals surface area contributed by atoms with E-state index in [1.54, 1.807) is 0 Å². The number of hydrogen-bond acceptors (Lipinski definition) is 5. The van der Waals surface area contributed by atoms with Crippen LogP contribution in [0.25, 0.3) is 11.5 Å². The number of carbonyl (C=O) groups is 1. The number of benzene rings is 2. The van der Waals surface area contributed by atoms with Crippen LogP contribution in [0.1, 0.15) is 17.9 Å². The molecular formula is C22H24N4O2. The number of anilines is 1. The standard InChI is InChI=1S/C22H24N4O2/c1-17-7-9-18(10-8-17)22-24-23-20(28-22)11-12-21(27)26-15-13-25(14-16-26)19-5-3-2-4-6-19/h2-10H,11-16H2,1H3. The zero-order valence-corrected chi connectivity index (χ0v) is 16.0. The Bertz CT molecular complexity index is 913. The van der Waals surface area contributed by atoms with Crippen LogP contribution >= 0.6 is 0 Å². The van der Waals surface area contributed by atoms with Crippen LogP contribution in [0.4, 0.5) is 5.69 Å². The quantitative estimate of drug-likeness (QED) is 0.684. The predicted molar refractivity (Wildman–Crippen MR) is 108 cm³/mol. The summed E-state index contributed by atoms with van der Waals surface area (Å²) < 4.78 is 5.72. The molecule has 0 aliphatic carbocycles. The van der Waals surface area contributed by atoms with E-state index >= 15 is 0 Å². The molecule has 2 heterocycles. The van der Waals surface area contributed by atoms with E-state index in [0.29, 0.717) is 24.6 Å². The maximum Gasteiger partial charge on any atom is 0.247 e. The van der Waals surface area contributed by atoms with Gasteiger partial charge in [-0.05, 0) is 31.2 Å². The van der Waals surface area contributed by atoms with Crippen molar-refractivity contribution in [3.05, 3.63) is 66.1 Å². The summed E-state index contributed by atoms with van der Waals surface area (Å²) in [5, 5.41) is 8.19.